The molecule has 1 heterocycles. The van der Waals surface area contributed by atoms with Crippen LogP contribution in [0.15, 0.2) is 58.5 Å². The van der Waals surface area contributed by atoms with Crippen LogP contribution in [-0.2, 0) is 17.0 Å². The third-order valence-electron chi connectivity index (χ3n) is 4.63. The lowest BCUT2D eigenvalue weighted by molar-refractivity contribution is -0.115. The Hall–Kier alpha value is -2.86. The molecule has 0 aliphatic carbocycles. The summed E-state index contributed by atoms with van der Waals surface area (Å²) in [6, 6.07) is 15.7. The maximum absolute atomic E-state index is 12.5. The van der Waals surface area contributed by atoms with Crippen LogP contribution in [0.4, 0.5) is 5.69 Å². The van der Waals surface area contributed by atoms with Crippen LogP contribution in [0.3, 0.4) is 0 Å². The Bertz CT molecular complexity index is 1050. The van der Waals surface area contributed by atoms with Gasteiger partial charge in [0.2, 0.25) is 5.91 Å². The van der Waals surface area contributed by atoms with Crippen LogP contribution >= 0.6 is 11.8 Å². The molecule has 144 valence electrons. The lowest BCUT2D eigenvalue weighted by Gasteiger charge is -2.11. The van der Waals surface area contributed by atoms with Crippen LogP contribution in [-0.4, -0.2) is 15.9 Å². The molecule has 3 aromatic rings. The Labute approximate surface area is 168 Å². The summed E-state index contributed by atoms with van der Waals surface area (Å²) in [6.07, 6.45) is -0.00875. The number of H-pyrrole nitrogens is 1. The van der Waals surface area contributed by atoms with Gasteiger partial charge in [0.25, 0.3) is 5.56 Å². The second-order valence-electron chi connectivity index (χ2n) is 6.68. The fraction of sp³-hybridized carbons (Fsp3) is 0.227. The molecule has 28 heavy (non-hydrogen) atoms. The predicted octanol–water partition coefficient (Wildman–Crippen LogP) is 4.17. The van der Waals surface area contributed by atoms with Crippen molar-refractivity contribution >= 4 is 23.4 Å². The molecule has 5 nitrogen and oxygen atoms in total. The smallest absolute Gasteiger partial charge is 0.255 e. The maximum Gasteiger partial charge on any atom is 0.255 e. The van der Waals surface area contributed by atoms with E-state index in [0.717, 1.165) is 28.1 Å². The summed E-state index contributed by atoms with van der Waals surface area (Å²) in [6.45, 7) is 5.72. The van der Waals surface area contributed by atoms with Crippen molar-refractivity contribution in [1.82, 2.24) is 9.97 Å². The predicted molar refractivity (Wildman–Crippen MR) is 114 cm³/mol. The van der Waals surface area contributed by atoms with Crippen LogP contribution in [0.2, 0.25) is 0 Å². The van der Waals surface area contributed by atoms with Crippen molar-refractivity contribution in [2.24, 2.45) is 0 Å². The first kappa shape index (κ1) is 19.9. The summed E-state index contributed by atoms with van der Waals surface area (Å²) in [5.41, 5.74) is 4.76. The minimum atomic E-state index is -0.265. The molecule has 1 aromatic heterocycles. The Morgan fingerprint density at radius 2 is 1.82 bits per heavy atom. The summed E-state index contributed by atoms with van der Waals surface area (Å²) in [5.74, 6) is 0.490. The topological polar surface area (TPSA) is 74.8 Å². The summed E-state index contributed by atoms with van der Waals surface area (Å²) < 4.78 is 0. The molecule has 1 amide bonds. The molecule has 3 rings (SSSR count). The van der Waals surface area contributed by atoms with Crippen molar-refractivity contribution in [1.29, 1.82) is 0 Å². The van der Waals surface area contributed by atoms with Gasteiger partial charge in [-0.05, 0) is 43.5 Å². The molecule has 0 spiro atoms. The Morgan fingerprint density at radius 1 is 1.07 bits per heavy atom. The Morgan fingerprint density at radius 3 is 2.54 bits per heavy atom. The highest BCUT2D eigenvalue weighted by atomic mass is 32.2. The van der Waals surface area contributed by atoms with E-state index in [1.807, 2.05) is 62.4 Å². The number of carbonyl (C=O) groups excluding carboxylic acids is 1. The van der Waals surface area contributed by atoms with Gasteiger partial charge in [-0.15, -0.1) is 0 Å². The van der Waals surface area contributed by atoms with Gasteiger partial charge in [-0.25, -0.2) is 4.98 Å². The molecule has 0 bridgehead atoms. The van der Waals surface area contributed by atoms with Crippen LogP contribution in [0.1, 0.15) is 27.9 Å². The number of carbonyl (C=O) groups is 1. The number of rotatable bonds is 6. The van der Waals surface area contributed by atoms with E-state index in [1.165, 1.54) is 11.8 Å². The SMILES string of the molecule is Cc1cccc(NC(=O)Cc2c(C)nc(SCc3ccccc3)[nH]c2=O)c1C. The molecule has 0 unspecified atom stereocenters. The van der Waals surface area contributed by atoms with Crippen LogP contribution in [0.25, 0.3) is 0 Å². The lowest BCUT2D eigenvalue weighted by Crippen LogP contribution is -2.24. The number of nitrogens with one attached hydrogen (secondary N) is 2. The largest absolute Gasteiger partial charge is 0.326 e. The van der Waals surface area contributed by atoms with Crippen molar-refractivity contribution < 1.29 is 4.79 Å². The molecule has 0 saturated heterocycles. The highest BCUT2D eigenvalue weighted by Crippen LogP contribution is 2.20. The monoisotopic (exact) mass is 393 g/mol. The van der Waals surface area contributed by atoms with Gasteiger partial charge in [-0.3, -0.25) is 9.59 Å². The summed E-state index contributed by atoms with van der Waals surface area (Å²) in [4.78, 5) is 32.2. The number of aromatic amines is 1. The van der Waals surface area contributed by atoms with Gasteiger partial charge >= 0.3 is 0 Å². The first-order chi connectivity index (χ1) is 13.4. The van der Waals surface area contributed by atoms with Crippen molar-refractivity contribution in [2.75, 3.05) is 5.32 Å². The Kier molecular flexibility index (Phi) is 6.31. The zero-order chi connectivity index (χ0) is 20.1. The summed E-state index contributed by atoms with van der Waals surface area (Å²) in [5, 5.41) is 3.45. The minimum Gasteiger partial charge on any atom is -0.326 e. The molecule has 0 fully saturated rings. The molecule has 0 saturated carbocycles. The maximum atomic E-state index is 12.5. The van der Waals surface area contributed by atoms with E-state index < -0.39 is 0 Å². The Balaban J connectivity index is 1.69. The van der Waals surface area contributed by atoms with E-state index in [0.29, 0.717) is 16.4 Å². The van der Waals surface area contributed by atoms with Gasteiger partial charge < -0.3 is 10.3 Å². The molecule has 0 aliphatic heterocycles. The molecule has 0 radical (unpaired) electrons. The number of benzene rings is 2. The molecule has 2 N–H and O–H groups in total. The zero-order valence-electron chi connectivity index (χ0n) is 16.2. The van der Waals surface area contributed by atoms with Gasteiger partial charge in [0, 0.05) is 22.7 Å². The normalized spacial score (nSPS) is 10.7. The first-order valence-electron chi connectivity index (χ1n) is 9.06. The second-order valence-corrected chi connectivity index (χ2v) is 7.65. The van der Waals surface area contributed by atoms with Gasteiger partial charge in [0.05, 0.1) is 6.42 Å². The van der Waals surface area contributed by atoms with Gasteiger partial charge in [0.15, 0.2) is 5.16 Å². The molecule has 2 aromatic carbocycles. The van der Waals surface area contributed by atoms with Crippen molar-refractivity contribution in [3.63, 3.8) is 0 Å². The van der Waals surface area contributed by atoms with E-state index in [1.54, 1.807) is 6.92 Å². The third-order valence-corrected chi connectivity index (χ3v) is 5.58. The fourth-order valence-corrected chi connectivity index (χ4v) is 3.69. The average molecular weight is 394 g/mol. The van der Waals surface area contributed by atoms with Crippen molar-refractivity contribution in [2.45, 2.75) is 38.1 Å². The third kappa shape index (κ3) is 4.89. The van der Waals surface area contributed by atoms with E-state index in [-0.39, 0.29) is 17.9 Å². The van der Waals surface area contributed by atoms with E-state index in [9.17, 15) is 9.59 Å². The first-order valence-corrected chi connectivity index (χ1v) is 10.0. The number of aromatic nitrogens is 2. The summed E-state index contributed by atoms with van der Waals surface area (Å²) in [7, 11) is 0. The van der Waals surface area contributed by atoms with Gasteiger partial charge in [-0.1, -0.05) is 54.2 Å². The van der Waals surface area contributed by atoms with Crippen LogP contribution in [0, 0.1) is 20.8 Å². The van der Waals surface area contributed by atoms with Crippen LogP contribution < -0.4 is 10.9 Å². The van der Waals surface area contributed by atoms with Crippen molar-refractivity contribution in [3.8, 4) is 0 Å². The number of hydrogen-bond acceptors (Lipinski definition) is 4. The number of hydrogen-bond donors (Lipinski definition) is 2. The van der Waals surface area contributed by atoms with E-state index in [2.05, 4.69) is 15.3 Å². The number of thioether (sulfide) groups is 1. The zero-order valence-corrected chi connectivity index (χ0v) is 17.0. The molecular weight excluding hydrogens is 370 g/mol. The van der Waals surface area contributed by atoms with Gasteiger partial charge in [0.1, 0.15) is 0 Å². The average Bonchev–Trinajstić information content (AvgIpc) is 2.67. The van der Waals surface area contributed by atoms with Gasteiger partial charge in [-0.2, -0.15) is 0 Å². The molecular formula is C22H23N3O2S. The van der Waals surface area contributed by atoms with E-state index >= 15 is 0 Å². The standard InChI is InChI=1S/C22H23N3O2S/c1-14-8-7-11-19(15(14)2)24-20(26)12-18-16(3)23-22(25-21(18)27)28-13-17-9-5-4-6-10-17/h4-11H,12-13H2,1-3H3,(H,24,26)(H,23,25,27). The van der Waals surface area contributed by atoms with E-state index in [4.69, 9.17) is 0 Å². The number of amides is 1. The molecule has 0 aliphatic rings. The quantitative estimate of drug-likeness (QED) is 0.487. The second kappa shape index (κ2) is 8.89. The molecule has 0 atom stereocenters. The highest BCUT2D eigenvalue weighted by Gasteiger charge is 2.14. The summed E-state index contributed by atoms with van der Waals surface area (Å²) >= 11 is 1.47. The lowest BCUT2D eigenvalue weighted by atomic mass is 10.1. The minimum absolute atomic E-state index is 0.00875. The number of aryl methyl sites for hydroxylation is 2. The number of anilines is 1. The molecule has 6 heteroatoms. The fourth-order valence-electron chi connectivity index (χ4n) is 2.83. The van der Waals surface area contributed by atoms with Crippen LogP contribution in [0.5, 0.6) is 0 Å². The van der Waals surface area contributed by atoms with Crippen molar-refractivity contribution in [3.05, 3.63) is 86.8 Å². The number of nitrogens with zero attached hydrogens (tertiary/aromatic N) is 1. The highest BCUT2D eigenvalue weighted by molar-refractivity contribution is 7.98.